The number of pyridine rings is 1. The minimum Gasteiger partial charge on any atom is -0.368 e. The van der Waals surface area contributed by atoms with Gasteiger partial charge in [0.05, 0.1) is 10.6 Å². The van der Waals surface area contributed by atoms with Crippen molar-refractivity contribution in [2.24, 2.45) is 5.92 Å². The second-order valence-corrected chi connectivity index (χ2v) is 8.01. The number of aromatic nitrogens is 4. The van der Waals surface area contributed by atoms with Crippen molar-refractivity contribution in [1.29, 1.82) is 0 Å². The smallest absolute Gasteiger partial charge is 0.368 e. The van der Waals surface area contributed by atoms with Gasteiger partial charge in [-0.15, -0.1) is 0 Å². The largest absolute Gasteiger partial charge is 0.417 e. The molecule has 1 unspecified atom stereocenters. The van der Waals surface area contributed by atoms with E-state index in [-0.39, 0.29) is 28.2 Å². The number of rotatable bonds is 5. The van der Waals surface area contributed by atoms with Crippen LogP contribution in [0.15, 0.2) is 41.2 Å². The average Bonchev–Trinajstić information content (AvgIpc) is 3.34. The third-order valence-corrected chi connectivity index (χ3v) is 5.36. The molecular weight excluding hydrogens is 449 g/mol. The molecular formula is C21H18ClF3N4O3. The van der Waals surface area contributed by atoms with Gasteiger partial charge in [0.25, 0.3) is 5.89 Å². The lowest BCUT2D eigenvalue weighted by Gasteiger charge is -2.14. The van der Waals surface area contributed by atoms with Gasteiger partial charge in [-0.3, -0.25) is 0 Å². The Balaban J connectivity index is 1.64. The first kappa shape index (κ1) is 22.3. The Morgan fingerprint density at radius 2 is 1.91 bits per heavy atom. The Kier molecular flexibility index (Phi) is 5.70. The molecule has 0 aliphatic rings. The van der Waals surface area contributed by atoms with Gasteiger partial charge in [0, 0.05) is 23.9 Å². The lowest BCUT2D eigenvalue weighted by atomic mass is 9.97. The second kappa shape index (κ2) is 8.19. The Morgan fingerprint density at radius 1 is 1.16 bits per heavy atom. The molecule has 1 atom stereocenters. The van der Waals surface area contributed by atoms with Gasteiger partial charge in [-0.25, -0.2) is 4.98 Å². The van der Waals surface area contributed by atoms with Crippen molar-refractivity contribution in [2.75, 3.05) is 0 Å². The van der Waals surface area contributed by atoms with Crippen LogP contribution in [0.4, 0.5) is 13.2 Å². The zero-order chi connectivity index (χ0) is 23.2. The first-order valence-corrected chi connectivity index (χ1v) is 9.96. The topological polar surface area (TPSA) is 96.7 Å². The molecule has 0 saturated heterocycles. The molecule has 11 heteroatoms. The summed E-state index contributed by atoms with van der Waals surface area (Å²) in [6.45, 7) is 3.59. The number of aliphatic hydroxyl groups is 2. The number of hydrogen-bond donors (Lipinski definition) is 2. The summed E-state index contributed by atoms with van der Waals surface area (Å²) in [5.41, 5.74) is 1.89. The maximum absolute atomic E-state index is 13.0. The highest BCUT2D eigenvalue weighted by molar-refractivity contribution is 6.33. The Bertz CT molecular complexity index is 1280. The summed E-state index contributed by atoms with van der Waals surface area (Å²) in [6, 6.07) is 6.34. The van der Waals surface area contributed by atoms with E-state index >= 15 is 0 Å². The normalized spacial score (nSPS) is 13.3. The van der Waals surface area contributed by atoms with Crippen LogP contribution in [0.25, 0.3) is 28.6 Å². The number of imidazole rings is 1. The van der Waals surface area contributed by atoms with Crippen LogP contribution >= 0.6 is 11.6 Å². The fraction of sp³-hybridized carbons (Fsp3) is 0.286. The summed E-state index contributed by atoms with van der Waals surface area (Å²) in [5, 5.41) is 22.4. The van der Waals surface area contributed by atoms with Crippen molar-refractivity contribution in [2.45, 2.75) is 32.7 Å². The summed E-state index contributed by atoms with van der Waals surface area (Å²) in [5.74, 6) is 0.00372. The van der Waals surface area contributed by atoms with E-state index < -0.39 is 18.0 Å². The second-order valence-electron chi connectivity index (χ2n) is 7.60. The van der Waals surface area contributed by atoms with E-state index in [1.165, 1.54) is 10.6 Å². The van der Waals surface area contributed by atoms with Crippen molar-refractivity contribution in [3.63, 3.8) is 0 Å². The van der Waals surface area contributed by atoms with E-state index in [1.807, 2.05) is 19.1 Å². The van der Waals surface area contributed by atoms with Crippen LogP contribution in [0.5, 0.6) is 0 Å². The summed E-state index contributed by atoms with van der Waals surface area (Å²) < 4.78 is 45.6. The fourth-order valence-corrected chi connectivity index (χ4v) is 3.59. The number of nitrogens with zero attached hydrogens (tertiary/aromatic N) is 4. The van der Waals surface area contributed by atoms with Crippen LogP contribution in [0, 0.1) is 12.8 Å². The van der Waals surface area contributed by atoms with Crippen LogP contribution in [0.1, 0.15) is 23.6 Å². The monoisotopic (exact) mass is 466 g/mol. The zero-order valence-corrected chi connectivity index (χ0v) is 17.7. The summed E-state index contributed by atoms with van der Waals surface area (Å²) >= 11 is 5.98. The Morgan fingerprint density at radius 3 is 2.56 bits per heavy atom. The summed E-state index contributed by atoms with van der Waals surface area (Å²) in [7, 11) is 0. The van der Waals surface area contributed by atoms with Gasteiger partial charge in [0.2, 0.25) is 5.82 Å². The molecule has 32 heavy (non-hydrogen) atoms. The molecule has 4 rings (SSSR count). The van der Waals surface area contributed by atoms with Crippen molar-refractivity contribution in [3.8, 4) is 23.0 Å². The number of halogens is 4. The van der Waals surface area contributed by atoms with Crippen LogP contribution in [-0.2, 0) is 12.6 Å². The van der Waals surface area contributed by atoms with Crippen molar-refractivity contribution < 1.29 is 27.9 Å². The average molecular weight is 467 g/mol. The fourth-order valence-electron chi connectivity index (χ4n) is 3.33. The van der Waals surface area contributed by atoms with Crippen LogP contribution in [0.2, 0.25) is 5.02 Å². The molecule has 4 aromatic rings. The van der Waals surface area contributed by atoms with Gasteiger partial charge < -0.3 is 19.1 Å². The van der Waals surface area contributed by atoms with Crippen LogP contribution in [-0.4, -0.2) is 36.0 Å². The number of aliphatic hydroxyl groups excluding tert-OH is 1. The van der Waals surface area contributed by atoms with Crippen molar-refractivity contribution in [1.82, 2.24) is 19.5 Å². The third kappa shape index (κ3) is 4.34. The molecule has 0 saturated carbocycles. The summed E-state index contributed by atoms with van der Waals surface area (Å²) in [4.78, 5) is 8.55. The molecule has 1 aromatic carbocycles. The number of fused-ring (bicyclic) bond motifs is 1. The lowest BCUT2D eigenvalue weighted by molar-refractivity contribution is -0.137. The van der Waals surface area contributed by atoms with Crippen molar-refractivity contribution in [3.05, 3.63) is 58.4 Å². The van der Waals surface area contributed by atoms with E-state index in [0.717, 1.165) is 23.4 Å². The Hall–Kier alpha value is -2.95. The van der Waals surface area contributed by atoms with E-state index in [1.54, 1.807) is 13.0 Å². The molecule has 0 radical (unpaired) electrons. The molecule has 2 N–H and O–H groups in total. The van der Waals surface area contributed by atoms with Crippen molar-refractivity contribution >= 4 is 17.2 Å². The van der Waals surface area contributed by atoms with Gasteiger partial charge in [-0.1, -0.05) is 41.9 Å². The first-order valence-electron chi connectivity index (χ1n) is 9.58. The zero-order valence-electron chi connectivity index (χ0n) is 16.9. The molecule has 0 amide bonds. The van der Waals surface area contributed by atoms with Gasteiger partial charge >= 0.3 is 6.18 Å². The standard InChI is InChI=1S/C21H18ClF3N4O3/c1-10-5-12(6-11(2)20(30)31)3-4-14(10)17-27-19(32-28-17)16-9-29-8-13(21(23,24)25)7-15(22)18(29)26-16/h3-5,7-9,11,20,30-31H,6H2,1-2H3. The molecule has 3 heterocycles. The van der Waals surface area contributed by atoms with Crippen LogP contribution < -0.4 is 0 Å². The highest BCUT2D eigenvalue weighted by Gasteiger charge is 2.32. The molecule has 7 nitrogen and oxygen atoms in total. The maximum Gasteiger partial charge on any atom is 0.417 e. The molecule has 0 aliphatic carbocycles. The van der Waals surface area contributed by atoms with Gasteiger partial charge in [0.1, 0.15) is 5.69 Å². The molecule has 3 aromatic heterocycles. The quantitative estimate of drug-likeness (QED) is 0.420. The number of aryl methyl sites for hydroxylation is 1. The number of hydrogen-bond acceptors (Lipinski definition) is 6. The summed E-state index contributed by atoms with van der Waals surface area (Å²) in [6.07, 6.45) is -3.23. The minimum atomic E-state index is -4.54. The van der Waals surface area contributed by atoms with E-state index in [0.29, 0.717) is 17.8 Å². The van der Waals surface area contributed by atoms with Crippen LogP contribution in [0.3, 0.4) is 0 Å². The van der Waals surface area contributed by atoms with E-state index in [2.05, 4.69) is 15.1 Å². The van der Waals surface area contributed by atoms with Gasteiger partial charge in [-0.05, 0) is 30.5 Å². The Labute approximate surface area is 185 Å². The van der Waals surface area contributed by atoms with E-state index in [9.17, 15) is 23.4 Å². The maximum atomic E-state index is 13.0. The highest BCUT2D eigenvalue weighted by Crippen LogP contribution is 2.33. The molecule has 0 fully saturated rings. The lowest BCUT2D eigenvalue weighted by Crippen LogP contribution is -2.18. The SMILES string of the molecule is Cc1cc(CC(C)C(O)O)ccc1-c1noc(-c2cn3cc(C(F)(F)F)cc(Cl)c3n2)n1. The minimum absolute atomic E-state index is 0.0360. The van der Waals surface area contributed by atoms with Gasteiger partial charge in [-0.2, -0.15) is 18.2 Å². The molecule has 0 bridgehead atoms. The number of benzene rings is 1. The van der Waals surface area contributed by atoms with E-state index in [4.69, 9.17) is 16.1 Å². The third-order valence-electron chi connectivity index (χ3n) is 5.08. The first-order chi connectivity index (χ1) is 15.0. The predicted molar refractivity (Wildman–Crippen MR) is 110 cm³/mol. The van der Waals surface area contributed by atoms with Gasteiger partial charge in [0.15, 0.2) is 11.9 Å². The predicted octanol–water partition coefficient (Wildman–Crippen LogP) is 4.52. The molecule has 0 spiro atoms. The highest BCUT2D eigenvalue weighted by atomic mass is 35.5. The molecule has 168 valence electrons. The number of alkyl halides is 3. The molecule has 0 aliphatic heterocycles.